The normalized spacial score (nSPS) is 11.8. The Morgan fingerprint density at radius 2 is 0.696 bits per heavy atom. The molecule has 0 atom stereocenters. The maximum Gasteiger partial charge on any atom is 0.0709 e. The Bertz CT molecular complexity index is 2820. The molecule has 0 saturated heterocycles. The van der Waals surface area contributed by atoms with Crippen molar-refractivity contribution < 1.29 is 0 Å². The SMILES string of the molecule is CC(C)(C)c1cc2ccc3c(-c4ccc(-c5cccc(-c6ccccc6)n5)cc4)cc(-c4ccc(-c5cccc(-c6ccccc6)n5)cc4)c4ccc(c1)c2c34. The van der Waals surface area contributed by atoms with Gasteiger partial charge < -0.3 is 0 Å². The molecule has 56 heavy (non-hydrogen) atoms. The van der Waals surface area contributed by atoms with Crippen molar-refractivity contribution >= 4 is 32.3 Å². The molecule has 2 heteroatoms. The molecule has 0 amide bonds. The van der Waals surface area contributed by atoms with Crippen LogP contribution in [0.25, 0.3) is 99.6 Å². The van der Waals surface area contributed by atoms with E-state index in [-0.39, 0.29) is 5.41 Å². The van der Waals surface area contributed by atoms with Gasteiger partial charge in [0, 0.05) is 22.3 Å². The Hall–Kier alpha value is -6.90. The molecule has 0 bridgehead atoms. The molecule has 0 saturated carbocycles. The van der Waals surface area contributed by atoms with Gasteiger partial charge in [-0.1, -0.05) is 178 Å². The van der Waals surface area contributed by atoms with Crippen LogP contribution in [0.5, 0.6) is 0 Å². The van der Waals surface area contributed by atoms with Crippen LogP contribution in [0.2, 0.25) is 0 Å². The molecular formula is C54H40N2. The summed E-state index contributed by atoms with van der Waals surface area (Å²) in [7, 11) is 0. The van der Waals surface area contributed by atoms with Crippen LogP contribution in [0.4, 0.5) is 0 Å². The summed E-state index contributed by atoms with van der Waals surface area (Å²) in [6, 6.07) is 67.7. The quantitative estimate of drug-likeness (QED) is 0.160. The first-order valence-electron chi connectivity index (χ1n) is 19.4. The fraction of sp³-hybridized carbons (Fsp3) is 0.0741. The van der Waals surface area contributed by atoms with Crippen LogP contribution < -0.4 is 0 Å². The lowest BCUT2D eigenvalue weighted by Gasteiger charge is -2.23. The molecular weight excluding hydrogens is 677 g/mol. The molecule has 8 aromatic carbocycles. The maximum absolute atomic E-state index is 5.04. The fourth-order valence-corrected chi connectivity index (χ4v) is 8.20. The zero-order chi connectivity index (χ0) is 37.8. The predicted octanol–water partition coefficient (Wildman–Crippen LogP) is 14.7. The molecule has 10 rings (SSSR count). The van der Waals surface area contributed by atoms with Gasteiger partial charge in [0.2, 0.25) is 0 Å². The smallest absolute Gasteiger partial charge is 0.0709 e. The van der Waals surface area contributed by atoms with Gasteiger partial charge in [-0.3, -0.25) is 0 Å². The Balaban J connectivity index is 1.11. The second-order valence-corrected chi connectivity index (χ2v) is 15.8. The Kier molecular flexibility index (Phi) is 8.08. The van der Waals surface area contributed by atoms with Crippen molar-refractivity contribution in [1.29, 1.82) is 0 Å². The first-order valence-corrected chi connectivity index (χ1v) is 19.4. The minimum Gasteiger partial charge on any atom is -0.248 e. The highest BCUT2D eigenvalue weighted by molar-refractivity contribution is 6.28. The monoisotopic (exact) mass is 716 g/mol. The van der Waals surface area contributed by atoms with Crippen molar-refractivity contribution in [2.75, 3.05) is 0 Å². The fourth-order valence-electron chi connectivity index (χ4n) is 8.20. The van der Waals surface area contributed by atoms with Crippen LogP contribution in [-0.2, 0) is 5.41 Å². The van der Waals surface area contributed by atoms with Crippen LogP contribution in [0.1, 0.15) is 26.3 Å². The molecule has 2 nitrogen and oxygen atoms in total. The lowest BCUT2D eigenvalue weighted by Crippen LogP contribution is -2.10. The third kappa shape index (κ3) is 6.01. The molecule has 0 radical (unpaired) electrons. The summed E-state index contributed by atoms with van der Waals surface area (Å²) in [5.41, 5.74) is 14.5. The number of hydrogen-bond acceptors (Lipinski definition) is 2. The van der Waals surface area contributed by atoms with Gasteiger partial charge in [-0.05, 0) is 95.9 Å². The summed E-state index contributed by atoms with van der Waals surface area (Å²) in [5.74, 6) is 0. The zero-order valence-corrected chi connectivity index (χ0v) is 31.8. The van der Waals surface area contributed by atoms with E-state index in [1.165, 1.54) is 60.1 Å². The van der Waals surface area contributed by atoms with Crippen molar-refractivity contribution in [2.45, 2.75) is 26.2 Å². The van der Waals surface area contributed by atoms with E-state index in [1.807, 2.05) is 12.1 Å². The van der Waals surface area contributed by atoms with Crippen LogP contribution in [-0.4, -0.2) is 9.97 Å². The molecule has 0 N–H and O–H groups in total. The predicted molar refractivity (Wildman–Crippen MR) is 237 cm³/mol. The van der Waals surface area contributed by atoms with E-state index in [0.29, 0.717) is 0 Å². The lowest BCUT2D eigenvalue weighted by atomic mass is 9.81. The minimum absolute atomic E-state index is 0.0508. The summed E-state index contributed by atoms with van der Waals surface area (Å²) >= 11 is 0. The first kappa shape index (κ1) is 33.7. The minimum atomic E-state index is 0.0508. The highest BCUT2D eigenvalue weighted by atomic mass is 14.7. The van der Waals surface area contributed by atoms with Crippen molar-refractivity contribution in [2.24, 2.45) is 0 Å². The molecule has 0 spiro atoms. The molecule has 0 fully saturated rings. The lowest BCUT2D eigenvalue weighted by molar-refractivity contribution is 0.591. The molecule has 0 unspecified atom stereocenters. The summed E-state index contributed by atoms with van der Waals surface area (Å²) in [6.45, 7) is 6.89. The van der Waals surface area contributed by atoms with Gasteiger partial charge in [0.05, 0.1) is 22.8 Å². The van der Waals surface area contributed by atoms with E-state index in [1.54, 1.807) is 0 Å². The van der Waals surface area contributed by atoms with E-state index in [4.69, 9.17) is 9.97 Å². The Morgan fingerprint density at radius 3 is 1.09 bits per heavy atom. The Labute approximate surface area is 328 Å². The van der Waals surface area contributed by atoms with Crippen molar-refractivity contribution in [3.8, 4) is 67.3 Å². The highest BCUT2D eigenvalue weighted by Crippen LogP contribution is 2.45. The molecule has 266 valence electrons. The molecule has 0 aliphatic rings. The van der Waals surface area contributed by atoms with E-state index in [2.05, 4.69) is 197 Å². The highest BCUT2D eigenvalue weighted by Gasteiger charge is 2.20. The number of aromatic nitrogens is 2. The van der Waals surface area contributed by atoms with Gasteiger partial charge in [-0.15, -0.1) is 0 Å². The van der Waals surface area contributed by atoms with Gasteiger partial charge in [0.25, 0.3) is 0 Å². The first-order chi connectivity index (χ1) is 27.4. The molecule has 2 heterocycles. The average molecular weight is 717 g/mol. The van der Waals surface area contributed by atoms with Gasteiger partial charge in [0.15, 0.2) is 0 Å². The summed E-state index contributed by atoms with van der Waals surface area (Å²) in [5, 5.41) is 7.74. The number of nitrogens with zero attached hydrogens (tertiary/aromatic N) is 2. The van der Waals surface area contributed by atoms with Gasteiger partial charge in [0.1, 0.15) is 0 Å². The zero-order valence-electron chi connectivity index (χ0n) is 31.8. The van der Waals surface area contributed by atoms with E-state index < -0.39 is 0 Å². The van der Waals surface area contributed by atoms with Crippen molar-refractivity contribution in [1.82, 2.24) is 9.97 Å². The number of benzene rings is 8. The number of rotatable bonds is 6. The molecule has 10 aromatic rings. The summed E-state index contributed by atoms with van der Waals surface area (Å²) in [4.78, 5) is 10.1. The number of pyridine rings is 2. The third-order valence-electron chi connectivity index (χ3n) is 11.2. The van der Waals surface area contributed by atoms with Crippen LogP contribution in [0.15, 0.2) is 188 Å². The van der Waals surface area contributed by atoms with Crippen LogP contribution >= 0.6 is 0 Å². The van der Waals surface area contributed by atoms with Gasteiger partial charge in [-0.2, -0.15) is 0 Å². The van der Waals surface area contributed by atoms with E-state index in [9.17, 15) is 0 Å². The third-order valence-corrected chi connectivity index (χ3v) is 11.2. The maximum atomic E-state index is 5.04. The second kappa shape index (κ2) is 13.4. The van der Waals surface area contributed by atoms with Crippen LogP contribution in [0, 0.1) is 0 Å². The largest absolute Gasteiger partial charge is 0.248 e. The number of hydrogen-bond donors (Lipinski definition) is 0. The van der Waals surface area contributed by atoms with Gasteiger partial charge in [-0.25, -0.2) is 9.97 Å². The molecule has 0 aliphatic carbocycles. The van der Waals surface area contributed by atoms with E-state index in [0.717, 1.165) is 45.0 Å². The molecule has 2 aromatic heterocycles. The van der Waals surface area contributed by atoms with Crippen molar-refractivity contribution in [3.05, 3.63) is 194 Å². The summed E-state index contributed by atoms with van der Waals surface area (Å²) < 4.78 is 0. The Morgan fingerprint density at radius 1 is 0.321 bits per heavy atom. The van der Waals surface area contributed by atoms with Crippen LogP contribution in [0.3, 0.4) is 0 Å². The van der Waals surface area contributed by atoms with E-state index >= 15 is 0 Å². The van der Waals surface area contributed by atoms with Gasteiger partial charge >= 0.3 is 0 Å². The topological polar surface area (TPSA) is 25.8 Å². The average Bonchev–Trinajstić information content (AvgIpc) is 3.26. The van der Waals surface area contributed by atoms with Crippen molar-refractivity contribution in [3.63, 3.8) is 0 Å². The standard InChI is InChI=1S/C54H40N2/c1-54(2,3)43-32-41-28-30-44-46(35-20-24-39(25-21-35)50-18-10-16-48(55-50)37-12-6-4-7-13-37)34-47(45-31-29-42(33-43)52(41)53(44)45)36-22-26-40(27-23-36)51-19-11-17-49(56-51)38-14-8-5-9-15-38/h4-34H,1-3H3. The summed E-state index contributed by atoms with van der Waals surface area (Å²) in [6.07, 6.45) is 0. The molecule has 0 aliphatic heterocycles. The second-order valence-electron chi connectivity index (χ2n) is 15.8.